The molecule has 1 aliphatic heterocycles. The summed E-state index contributed by atoms with van der Waals surface area (Å²) in [7, 11) is 0. The number of hydrogen-bond acceptors (Lipinski definition) is 3. The first-order valence-electron chi connectivity index (χ1n) is 6.19. The number of benzene rings is 2. The van der Waals surface area contributed by atoms with Crippen LogP contribution in [0.25, 0.3) is 0 Å². The van der Waals surface area contributed by atoms with Gasteiger partial charge in [-0.2, -0.15) is 0 Å². The number of nitrogens with two attached hydrogens (primary N) is 1. The summed E-state index contributed by atoms with van der Waals surface area (Å²) in [5.41, 5.74) is 9.32. The lowest BCUT2D eigenvalue weighted by Crippen LogP contribution is -2.03. The summed E-state index contributed by atoms with van der Waals surface area (Å²) < 4.78 is 6.69. The molecule has 0 saturated heterocycles. The summed E-state index contributed by atoms with van der Waals surface area (Å²) in [4.78, 5) is 11.4. The van der Waals surface area contributed by atoms with E-state index in [2.05, 4.69) is 21.2 Å². The first kappa shape index (κ1) is 13.0. The highest BCUT2D eigenvalue weighted by Gasteiger charge is 2.20. The molecule has 1 heterocycles. The number of carbonyl (C=O) groups is 1. The number of rotatable bonds is 2. The van der Waals surface area contributed by atoms with Crippen LogP contribution in [-0.2, 0) is 11.2 Å². The zero-order chi connectivity index (χ0) is 14.3. The van der Waals surface area contributed by atoms with E-state index in [1.54, 1.807) is 12.1 Å². The van der Waals surface area contributed by atoms with Crippen LogP contribution in [0.3, 0.4) is 0 Å². The van der Waals surface area contributed by atoms with Crippen LogP contribution >= 0.6 is 15.9 Å². The minimum atomic E-state index is -0.0203. The number of aryl methyl sites for hydroxylation is 1. The largest absolute Gasteiger partial charge is 0.454 e. The summed E-state index contributed by atoms with van der Waals surface area (Å²) in [6.07, 6.45) is 0.369. The molecule has 1 aliphatic rings. The van der Waals surface area contributed by atoms with Crippen molar-refractivity contribution in [3.05, 3.63) is 45.9 Å². The number of ether oxygens (including phenoxy) is 1. The second kappa shape index (κ2) is 4.83. The highest BCUT2D eigenvalue weighted by atomic mass is 79.9. The maximum absolute atomic E-state index is 11.4. The fourth-order valence-corrected chi connectivity index (χ4v) is 2.74. The van der Waals surface area contributed by atoms with Crippen LogP contribution in [0.5, 0.6) is 11.5 Å². The molecule has 102 valence electrons. The minimum absolute atomic E-state index is 0.0203. The van der Waals surface area contributed by atoms with Crippen LogP contribution in [0.4, 0.5) is 11.4 Å². The summed E-state index contributed by atoms with van der Waals surface area (Å²) in [5, 5.41) is 2.79. The number of nitrogen functional groups attached to an aromatic ring is 1. The molecule has 3 rings (SSSR count). The fraction of sp³-hybridized carbons (Fsp3) is 0.133. The highest BCUT2D eigenvalue weighted by molar-refractivity contribution is 9.10. The van der Waals surface area contributed by atoms with E-state index in [0.717, 1.165) is 21.3 Å². The minimum Gasteiger partial charge on any atom is -0.454 e. The first-order valence-corrected chi connectivity index (χ1v) is 6.98. The third kappa shape index (κ3) is 2.36. The van der Waals surface area contributed by atoms with E-state index in [1.165, 1.54) is 0 Å². The first-order chi connectivity index (χ1) is 9.52. The van der Waals surface area contributed by atoms with Crippen LogP contribution in [0, 0.1) is 6.92 Å². The number of carbonyl (C=O) groups excluding carboxylic acids is 1. The van der Waals surface area contributed by atoms with Gasteiger partial charge in [-0.3, -0.25) is 4.79 Å². The van der Waals surface area contributed by atoms with Gasteiger partial charge in [-0.1, -0.05) is 6.07 Å². The Morgan fingerprint density at radius 2 is 2.05 bits per heavy atom. The van der Waals surface area contributed by atoms with Crippen LogP contribution in [0.15, 0.2) is 34.8 Å². The van der Waals surface area contributed by atoms with Crippen molar-refractivity contribution in [1.29, 1.82) is 0 Å². The number of hydrogen-bond donors (Lipinski definition) is 2. The van der Waals surface area contributed by atoms with Gasteiger partial charge in [-0.25, -0.2) is 0 Å². The van der Waals surface area contributed by atoms with Crippen molar-refractivity contribution < 1.29 is 9.53 Å². The third-order valence-corrected chi connectivity index (χ3v) is 3.79. The van der Waals surface area contributed by atoms with Gasteiger partial charge in [-0.15, -0.1) is 0 Å². The van der Waals surface area contributed by atoms with Gasteiger partial charge in [0.15, 0.2) is 5.75 Å². The fourth-order valence-electron chi connectivity index (χ4n) is 2.17. The predicted octanol–water partition coefficient (Wildman–Crippen LogP) is 3.63. The Kier molecular flexibility index (Phi) is 3.14. The maximum atomic E-state index is 11.4. The summed E-state index contributed by atoms with van der Waals surface area (Å²) in [5.74, 6) is 1.20. The molecule has 1 amide bonds. The van der Waals surface area contributed by atoms with Gasteiger partial charge in [0.2, 0.25) is 5.91 Å². The number of anilines is 2. The van der Waals surface area contributed by atoms with Gasteiger partial charge in [0.1, 0.15) is 5.75 Å². The van der Waals surface area contributed by atoms with Crippen molar-refractivity contribution >= 4 is 33.2 Å². The van der Waals surface area contributed by atoms with Gasteiger partial charge < -0.3 is 15.8 Å². The second-order valence-corrected chi connectivity index (χ2v) is 5.66. The second-order valence-electron chi connectivity index (χ2n) is 4.81. The van der Waals surface area contributed by atoms with E-state index < -0.39 is 0 Å². The van der Waals surface area contributed by atoms with Gasteiger partial charge in [0.05, 0.1) is 16.6 Å². The molecule has 4 nitrogen and oxygen atoms in total. The molecule has 0 saturated carbocycles. The van der Waals surface area contributed by atoms with Crippen LogP contribution in [-0.4, -0.2) is 5.91 Å². The van der Waals surface area contributed by atoms with Crippen molar-refractivity contribution in [2.75, 3.05) is 11.1 Å². The molecule has 0 fully saturated rings. The molecule has 0 aromatic heterocycles. The van der Waals surface area contributed by atoms with Gasteiger partial charge in [-0.05, 0) is 52.2 Å². The SMILES string of the molecule is Cc1ccc(Oc2cc3c(cc2N)CC(=O)N3)c(Br)c1. The monoisotopic (exact) mass is 332 g/mol. The smallest absolute Gasteiger partial charge is 0.228 e. The number of fused-ring (bicyclic) bond motifs is 1. The van der Waals surface area contributed by atoms with Gasteiger partial charge in [0, 0.05) is 11.8 Å². The Labute approximate surface area is 125 Å². The van der Waals surface area contributed by atoms with E-state index >= 15 is 0 Å². The zero-order valence-corrected chi connectivity index (χ0v) is 12.5. The maximum Gasteiger partial charge on any atom is 0.228 e. The zero-order valence-electron chi connectivity index (χ0n) is 10.9. The average molecular weight is 333 g/mol. The number of nitrogens with one attached hydrogen (secondary N) is 1. The average Bonchev–Trinajstić information content (AvgIpc) is 2.72. The number of halogens is 1. The molecule has 0 bridgehead atoms. The predicted molar refractivity (Wildman–Crippen MR) is 82.1 cm³/mol. The molecule has 0 radical (unpaired) electrons. The summed E-state index contributed by atoms with van der Waals surface area (Å²) in [6.45, 7) is 2.01. The van der Waals surface area contributed by atoms with Crippen molar-refractivity contribution in [2.24, 2.45) is 0 Å². The Hall–Kier alpha value is -2.01. The molecule has 0 atom stereocenters. The molecular formula is C15H13BrN2O2. The van der Waals surface area contributed by atoms with E-state index in [9.17, 15) is 4.79 Å². The quantitative estimate of drug-likeness (QED) is 0.825. The lowest BCUT2D eigenvalue weighted by Gasteiger charge is -2.12. The molecule has 0 unspecified atom stereocenters. The lowest BCUT2D eigenvalue weighted by atomic mass is 10.1. The molecule has 2 aromatic carbocycles. The normalized spacial score (nSPS) is 13.0. The van der Waals surface area contributed by atoms with Gasteiger partial charge in [0.25, 0.3) is 0 Å². The van der Waals surface area contributed by atoms with E-state index in [-0.39, 0.29) is 5.91 Å². The summed E-state index contributed by atoms with van der Waals surface area (Å²) >= 11 is 3.47. The van der Waals surface area contributed by atoms with Crippen LogP contribution in [0.2, 0.25) is 0 Å². The molecule has 0 spiro atoms. The standard InChI is InChI=1S/C15H13BrN2O2/c1-8-2-3-13(10(16)4-8)20-14-7-12-9(5-11(14)17)6-15(19)18-12/h2-5,7H,6,17H2,1H3,(H,18,19). The number of amides is 1. The Morgan fingerprint density at radius 1 is 1.25 bits per heavy atom. The molecule has 20 heavy (non-hydrogen) atoms. The molecule has 5 heteroatoms. The molecule has 2 aromatic rings. The topological polar surface area (TPSA) is 64.3 Å². The van der Waals surface area contributed by atoms with Crippen molar-refractivity contribution in [3.8, 4) is 11.5 Å². The van der Waals surface area contributed by atoms with Crippen molar-refractivity contribution in [2.45, 2.75) is 13.3 Å². The lowest BCUT2D eigenvalue weighted by molar-refractivity contribution is -0.115. The van der Waals surface area contributed by atoms with Crippen molar-refractivity contribution in [3.63, 3.8) is 0 Å². The molecular weight excluding hydrogens is 320 g/mol. The van der Waals surface area contributed by atoms with E-state index in [1.807, 2.05) is 25.1 Å². The van der Waals surface area contributed by atoms with E-state index in [0.29, 0.717) is 23.6 Å². The Morgan fingerprint density at radius 3 is 2.80 bits per heavy atom. The van der Waals surface area contributed by atoms with E-state index in [4.69, 9.17) is 10.5 Å². The molecule has 3 N–H and O–H groups in total. The van der Waals surface area contributed by atoms with Crippen LogP contribution in [0.1, 0.15) is 11.1 Å². The Balaban J connectivity index is 1.95. The van der Waals surface area contributed by atoms with Crippen molar-refractivity contribution in [1.82, 2.24) is 0 Å². The highest BCUT2D eigenvalue weighted by Crippen LogP contribution is 2.37. The van der Waals surface area contributed by atoms with Crippen LogP contribution < -0.4 is 15.8 Å². The Bertz CT molecular complexity index is 713. The molecule has 0 aliphatic carbocycles. The third-order valence-electron chi connectivity index (χ3n) is 3.17. The van der Waals surface area contributed by atoms with Gasteiger partial charge >= 0.3 is 0 Å². The summed E-state index contributed by atoms with van der Waals surface area (Å²) in [6, 6.07) is 9.36.